The van der Waals surface area contributed by atoms with Crippen molar-refractivity contribution in [3.05, 3.63) is 28.8 Å². The number of alkyl halides is 1. The molecule has 0 aliphatic carbocycles. The second-order valence-electron chi connectivity index (χ2n) is 6.64. The monoisotopic (exact) mass is 428 g/mol. The molecule has 2 aliphatic rings. The number of urea groups is 1. The van der Waals surface area contributed by atoms with E-state index in [1.165, 1.54) is 4.90 Å². The Morgan fingerprint density at radius 2 is 2.04 bits per heavy atom. The molecule has 0 saturated carbocycles. The molecule has 7 heteroatoms. The number of halogens is 2. The van der Waals surface area contributed by atoms with Crippen molar-refractivity contribution in [1.29, 1.82) is 0 Å². The number of hydrogen-bond donors (Lipinski definition) is 1. The molecule has 1 saturated heterocycles. The van der Waals surface area contributed by atoms with E-state index >= 15 is 0 Å². The summed E-state index contributed by atoms with van der Waals surface area (Å²) in [6, 6.07) is 4.93. The van der Waals surface area contributed by atoms with Gasteiger partial charge in [0.2, 0.25) is 0 Å². The molecule has 1 fully saturated rings. The van der Waals surface area contributed by atoms with Crippen LogP contribution in [0.5, 0.6) is 5.75 Å². The van der Waals surface area contributed by atoms with Crippen LogP contribution in [0.3, 0.4) is 0 Å². The van der Waals surface area contributed by atoms with Gasteiger partial charge in [0.1, 0.15) is 11.4 Å². The maximum absolute atomic E-state index is 13.3. The van der Waals surface area contributed by atoms with Gasteiger partial charge in [0, 0.05) is 28.9 Å². The first-order valence-electron chi connectivity index (χ1n) is 8.60. The first-order valence-corrected chi connectivity index (χ1v) is 10.1. The number of amides is 3. The largest absolute Gasteiger partial charge is 0.487 e. The Balaban J connectivity index is 2.12. The maximum atomic E-state index is 13.3. The molecule has 136 valence electrons. The number of nitrogens with zero attached hydrogens (tertiary/aromatic N) is 1. The van der Waals surface area contributed by atoms with Gasteiger partial charge in [0.05, 0.1) is 0 Å². The molecular weight excluding hydrogens is 408 g/mol. The Bertz CT molecular complexity index is 708. The molecule has 0 radical (unpaired) electrons. The van der Waals surface area contributed by atoms with Crippen molar-refractivity contribution in [3.8, 4) is 5.75 Å². The van der Waals surface area contributed by atoms with E-state index in [-0.39, 0.29) is 11.9 Å². The lowest BCUT2D eigenvalue weighted by Crippen LogP contribution is -2.55. The van der Waals surface area contributed by atoms with Crippen molar-refractivity contribution < 1.29 is 14.3 Å². The van der Waals surface area contributed by atoms with Crippen molar-refractivity contribution in [3.63, 3.8) is 0 Å². The minimum Gasteiger partial charge on any atom is -0.487 e. The molecule has 0 aromatic heterocycles. The number of fused-ring (bicyclic) bond motifs is 2. The van der Waals surface area contributed by atoms with Gasteiger partial charge in [0.25, 0.3) is 5.91 Å². The predicted molar refractivity (Wildman–Crippen MR) is 100 cm³/mol. The molecule has 1 aromatic carbocycles. The summed E-state index contributed by atoms with van der Waals surface area (Å²) in [6.45, 7) is 4.48. The zero-order valence-corrected chi connectivity index (χ0v) is 16.7. The Labute approximate surface area is 161 Å². The zero-order valence-electron chi connectivity index (χ0n) is 14.4. The van der Waals surface area contributed by atoms with Gasteiger partial charge in [-0.1, -0.05) is 41.4 Å². The van der Waals surface area contributed by atoms with Gasteiger partial charge in [-0.25, -0.2) is 4.79 Å². The number of hydrogen-bond acceptors (Lipinski definition) is 3. The van der Waals surface area contributed by atoms with Crippen molar-refractivity contribution in [2.45, 2.75) is 50.7 Å². The van der Waals surface area contributed by atoms with E-state index in [2.05, 4.69) is 21.2 Å². The number of carbonyl (C=O) groups excluding carboxylic acids is 2. The number of nitrogens with one attached hydrogen (secondary N) is 1. The van der Waals surface area contributed by atoms with Gasteiger partial charge in [-0.15, -0.1) is 0 Å². The molecule has 3 amide bonds. The second-order valence-corrected chi connectivity index (χ2v) is 7.87. The Morgan fingerprint density at radius 1 is 1.32 bits per heavy atom. The number of ether oxygens (including phenoxy) is 1. The van der Waals surface area contributed by atoms with E-state index in [1.807, 2.05) is 13.8 Å². The van der Waals surface area contributed by atoms with Crippen molar-refractivity contribution in [2.75, 3.05) is 11.9 Å². The minimum atomic E-state index is -1.10. The highest BCUT2D eigenvalue weighted by molar-refractivity contribution is 9.09. The third kappa shape index (κ3) is 2.93. The van der Waals surface area contributed by atoms with E-state index < -0.39 is 11.1 Å². The van der Waals surface area contributed by atoms with Crippen molar-refractivity contribution >= 4 is 39.5 Å². The van der Waals surface area contributed by atoms with Gasteiger partial charge in [-0.05, 0) is 37.5 Å². The summed E-state index contributed by atoms with van der Waals surface area (Å²) in [7, 11) is 0. The predicted octanol–water partition coefficient (Wildman–Crippen LogP) is 4.21. The lowest BCUT2D eigenvalue weighted by molar-refractivity contribution is -0.135. The molecule has 1 unspecified atom stereocenters. The normalized spacial score (nSPS) is 24.2. The van der Waals surface area contributed by atoms with Gasteiger partial charge >= 0.3 is 6.03 Å². The number of benzene rings is 1. The molecule has 1 atom stereocenters. The number of rotatable bonds is 5. The van der Waals surface area contributed by atoms with Crippen LogP contribution >= 0.6 is 27.5 Å². The highest BCUT2D eigenvalue weighted by atomic mass is 79.9. The molecule has 25 heavy (non-hydrogen) atoms. The fraction of sp³-hybridized carbons (Fsp3) is 0.556. The lowest BCUT2D eigenvalue weighted by Gasteiger charge is -2.45. The molecule has 2 aliphatic heterocycles. The number of imide groups is 1. The zero-order chi connectivity index (χ0) is 18.2. The minimum absolute atomic E-state index is 0.212. The fourth-order valence-electron chi connectivity index (χ4n) is 3.77. The molecule has 0 bridgehead atoms. The quantitative estimate of drug-likeness (QED) is 0.563. The molecule has 1 aromatic rings. The highest BCUT2D eigenvalue weighted by Gasteiger charge is 2.59. The standard InChI is InChI=1S/C18H22BrClN2O3/c1-3-17(4-2)11-18(13-10-12(20)6-7-14(13)25-17)15(23)22(9-5-8-19)16(24)21-18/h6-7,10H,3-5,8-9,11H2,1-2H3,(H,21,24). The van der Waals surface area contributed by atoms with E-state index in [0.717, 1.165) is 18.2 Å². The first-order chi connectivity index (χ1) is 11.9. The van der Waals surface area contributed by atoms with E-state index in [9.17, 15) is 9.59 Å². The van der Waals surface area contributed by atoms with Gasteiger partial charge < -0.3 is 10.1 Å². The Morgan fingerprint density at radius 3 is 2.68 bits per heavy atom. The summed E-state index contributed by atoms with van der Waals surface area (Å²) < 4.78 is 6.27. The molecular formula is C18H22BrClN2O3. The first kappa shape index (κ1) is 18.5. The number of carbonyl (C=O) groups is 2. The fourth-order valence-corrected chi connectivity index (χ4v) is 4.19. The van der Waals surface area contributed by atoms with Crippen LogP contribution in [0.15, 0.2) is 18.2 Å². The maximum Gasteiger partial charge on any atom is 0.325 e. The van der Waals surface area contributed by atoms with Crippen LogP contribution in [0.1, 0.15) is 45.1 Å². The summed E-state index contributed by atoms with van der Waals surface area (Å²) in [5.74, 6) is 0.409. The smallest absolute Gasteiger partial charge is 0.325 e. The summed E-state index contributed by atoms with van der Waals surface area (Å²) in [5, 5.41) is 4.22. The molecule has 1 spiro atoms. The third-order valence-corrected chi connectivity index (χ3v) is 6.09. The summed E-state index contributed by atoms with van der Waals surface area (Å²) in [6.07, 6.45) is 2.62. The average molecular weight is 430 g/mol. The third-order valence-electron chi connectivity index (χ3n) is 5.29. The molecule has 3 rings (SSSR count). The lowest BCUT2D eigenvalue weighted by atomic mass is 9.74. The van der Waals surface area contributed by atoms with Crippen LogP contribution in [0.4, 0.5) is 4.79 Å². The Hall–Kier alpha value is -1.27. The van der Waals surface area contributed by atoms with Crippen molar-refractivity contribution in [1.82, 2.24) is 10.2 Å². The topological polar surface area (TPSA) is 58.6 Å². The summed E-state index contributed by atoms with van der Waals surface area (Å²) in [4.78, 5) is 27.2. The van der Waals surface area contributed by atoms with E-state index in [1.54, 1.807) is 18.2 Å². The molecule has 1 N–H and O–H groups in total. The van der Waals surface area contributed by atoms with Crippen LogP contribution in [0.2, 0.25) is 5.02 Å². The van der Waals surface area contributed by atoms with Crippen LogP contribution in [-0.4, -0.2) is 34.3 Å². The molecule has 5 nitrogen and oxygen atoms in total. The van der Waals surface area contributed by atoms with Crippen LogP contribution in [0.25, 0.3) is 0 Å². The SMILES string of the molecule is CCC1(CC)CC2(NC(=O)N(CCCBr)C2=O)c2cc(Cl)ccc2O1. The highest BCUT2D eigenvalue weighted by Crippen LogP contribution is 2.49. The summed E-state index contributed by atoms with van der Waals surface area (Å²) in [5.41, 5.74) is -0.944. The second kappa shape index (κ2) is 6.80. The van der Waals surface area contributed by atoms with Gasteiger partial charge in [-0.3, -0.25) is 9.69 Å². The van der Waals surface area contributed by atoms with Crippen LogP contribution in [-0.2, 0) is 10.3 Å². The summed E-state index contributed by atoms with van der Waals surface area (Å²) >= 11 is 9.53. The van der Waals surface area contributed by atoms with E-state index in [4.69, 9.17) is 16.3 Å². The van der Waals surface area contributed by atoms with Crippen molar-refractivity contribution in [2.24, 2.45) is 0 Å². The van der Waals surface area contributed by atoms with Crippen LogP contribution < -0.4 is 10.1 Å². The average Bonchev–Trinajstić information content (AvgIpc) is 2.84. The molecule has 2 heterocycles. The van der Waals surface area contributed by atoms with Gasteiger partial charge in [0.15, 0.2) is 5.54 Å². The van der Waals surface area contributed by atoms with Gasteiger partial charge in [-0.2, -0.15) is 0 Å². The Kier molecular flexibility index (Phi) is 5.04. The van der Waals surface area contributed by atoms with E-state index in [0.29, 0.717) is 35.7 Å². The van der Waals surface area contributed by atoms with Crippen LogP contribution in [0, 0.1) is 0 Å².